The number of hydrogen-bond acceptors (Lipinski definition) is 9. The Morgan fingerprint density at radius 3 is 2.74 bits per heavy atom. The molecule has 3 aromatic rings. The molecule has 0 unspecified atom stereocenters. The van der Waals surface area contributed by atoms with Gasteiger partial charge in [0.1, 0.15) is 11.4 Å². The molecule has 1 amide bonds. The third kappa shape index (κ3) is 5.49. The predicted octanol–water partition coefficient (Wildman–Crippen LogP) is 2.22. The van der Waals surface area contributed by atoms with E-state index in [4.69, 9.17) is 10.5 Å². The maximum absolute atomic E-state index is 13.0. The minimum absolute atomic E-state index is 0.257. The molecule has 1 aliphatic heterocycles. The van der Waals surface area contributed by atoms with Gasteiger partial charge >= 0.3 is 0 Å². The number of carbonyl (C=O) groups is 1. The molecule has 0 radical (unpaired) electrons. The molecule has 0 saturated carbocycles. The fourth-order valence-corrected chi connectivity index (χ4v) is 4.44. The van der Waals surface area contributed by atoms with Gasteiger partial charge in [-0.3, -0.25) is 14.3 Å². The first-order valence-corrected chi connectivity index (χ1v) is 12.5. The Morgan fingerprint density at radius 2 is 2.03 bits per heavy atom. The van der Waals surface area contributed by atoms with Crippen LogP contribution in [0.25, 0.3) is 5.82 Å². The lowest BCUT2D eigenvalue weighted by molar-refractivity contribution is -0.111. The number of anilines is 5. The van der Waals surface area contributed by atoms with Crippen LogP contribution >= 0.6 is 0 Å². The zero-order chi connectivity index (χ0) is 27.4. The molecule has 12 nitrogen and oxygen atoms in total. The number of nitrogen functional groups attached to an aromatic ring is 1. The molecule has 0 aliphatic carbocycles. The molecule has 1 aromatic carbocycles. The molecule has 2 aromatic heterocycles. The third-order valence-corrected chi connectivity index (χ3v) is 6.48. The molecule has 0 atom stereocenters. The van der Waals surface area contributed by atoms with E-state index in [0.29, 0.717) is 29.5 Å². The van der Waals surface area contributed by atoms with Gasteiger partial charge in [-0.25, -0.2) is 4.98 Å². The van der Waals surface area contributed by atoms with Crippen molar-refractivity contribution in [2.24, 2.45) is 0 Å². The minimum Gasteiger partial charge on any atom is -0.494 e. The summed E-state index contributed by atoms with van der Waals surface area (Å²) in [5, 5.41) is 6.06. The number of hydrogen-bond donors (Lipinski definition) is 3. The summed E-state index contributed by atoms with van der Waals surface area (Å²) >= 11 is 0. The number of nitrogens with zero attached hydrogens (tertiary/aromatic N) is 6. The van der Waals surface area contributed by atoms with Crippen LogP contribution < -0.4 is 31.6 Å². The van der Waals surface area contributed by atoms with E-state index in [1.54, 1.807) is 25.4 Å². The van der Waals surface area contributed by atoms with E-state index in [0.717, 1.165) is 43.7 Å². The molecule has 0 bridgehead atoms. The Balaban J connectivity index is 1.71. The van der Waals surface area contributed by atoms with E-state index in [2.05, 4.69) is 32.1 Å². The lowest BCUT2D eigenvalue weighted by atomic mass is 10.1. The second kappa shape index (κ2) is 11.4. The zero-order valence-corrected chi connectivity index (χ0v) is 22.3. The van der Waals surface area contributed by atoms with Crippen molar-refractivity contribution in [3.05, 3.63) is 53.1 Å². The van der Waals surface area contributed by atoms with E-state index in [1.165, 1.54) is 10.8 Å². The van der Waals surface area contributed by atoms with E-state index in [1.807, 2.05) is 36.8 Å². The summed E-state index contributed by atoms with van der Waals surface area (Å²) in [5.74, 6) is 0.860. The Kier molecular flexibility index (Phi) is 8.01. The van der Waals surface area contributed by atoms with Crippen molar-refractivity contribution in [2.75, 3.05) is 62.6 Å². The van der Waals surface area contributed by atoms with Crippen molar-refractivity contribution >= 4 is 34.6 Å². The molecule has 202 valence electrons. The van der Waals surface area contributed by atoms with Crippen molar-refractivity contribution in [1.82, 2.24) is 24.2 Å². The number of likely N-dealkylation sites (N-methyl/N-ethyl adjacent to an activating group) is 2. The Morgan fingerprint density at radius 1 is 1.24 bits per heavy atom. The number of rotatable bonds is 10. The van der Waals surface area contributed by atoms with Crippen LogP contribution in [0.1, 0.15) is 18.5 Å². The maximum Gasteiger partial charge on any atom is 0.296 e. The number of amides is 1. The highest BCUT2D eigenvalue weighted by molar-refractivity contribution is 6.02. The van der Waals surface area contributed by atoms with Gasteiger partial charge in [0.05, 0.1) is 29.9 Å². The molecule has 0 spiro atoms. The largest absolute Gasteiger partial charge is 0.494 e. The SMILES string of the molecule is C=CC(=O)Nc1cc(Nc2nccc(-n3c(=O)c(N)c4n3CCCC4)n2)c(OC)cc1N(C)CCN(C)C. The number of ether oxygens (including phenoxy) is 1. The molecule has 3 heterocycles. The van der Waals surface area contributed by atoms with Crippen molar-refractivity contribution in [3.8, 4) is 11.6 Å². The number of nitrogens with one attached hydrogen (secondary N) is 2. The maximum atomic E-state index is 13.0. The van der Waals surface area contributed by atoms with Gasteiger partial charge in [-0.05, 0) is 45.5 Å². The summed E-state index contributed by atoms with van der Waals surface area (Å²) in [6.07, 6.45) is 5.51. The second-order valence-corrected chi connectivity index (χ2v) is 9.41. The smallest absolute Gasteiger partial charge is 0.296 e. The van der Waals surface area contributed by atoms with Crippen LogP contribution in [0.4, 0.5) is 28.7 Å². The van der Waals surface area contributed by atoms with Gasteiger partial charge in [0, 0.05) is 45.0 Å². The van der Waals surface area contributed by atoms with Gasteiger partial charge in [0.25, 0.3) is 5.56 Å². The van der Waals surface area contributed by atoms with Gasteiger partial charge in [0.2, 0.25) is 11.9 Å². The fraction of sp³-hybridized carbons (Fsp3) is 0.385. The van der Waals surface area contributed by atoms with Gasteiger partial charge < -0.3 is 30.9 Å². The van der Waals surface area contributed by atoms with Gasteiger partial charge in [-0.15, -0.1) is 0 Å². The molecule has 12 heteroatoms. The summed E-state index contributed by atoms with van der Waals surface area (Å²) in [5.41, 5.74) is 8.83. The first-order valence-electron chi connectivity index (χ1n) is 12.5. The first-order chi connectivity index (χ1) is 18.2. The van der Waals surface area contributed by atoms with Crippen molar-refractivity contribution < 1.29 is 9.53 Å². The normalized spacial score (nSPS) is 12.7. The highest BCUT2D eigenvalue weighted by Crippen LogP contribution is 2.38. The Labute approximate surface area is 221 Å². The summed E-state index contributed by atoms with van der Waals surface area (Å²) in [6.45, 7) is 5.80. The van der Waals surface area contributed by atoms with Crippen LogP contribution in [-0.4, -0.2) is 71.5 Å². The standard InChI is InChI=1S/C26H35N9O3/c1-6-23(36)29-17-15-18(21(38-5)16-20(17)33(4)14-13-32(2)3)30-26-28-11-10-22(31-26)35-25(37)24(27)19-9-7-8-12-34(19)35/h6,10-11,15-16H,1,7-9,12-14,27H2,2-5H3,(H,29,36)(H,28,30,31). The summed E-state index contributed by atoms with van der Waals surface area (Å²) in [4.78, 5) is 38.2. The molecule has 4 rings (SSSR count). The number of nitrogens with two attached hydrogens (primary N) is 1. The first kappa shape index (κ1) is 26.7. The molecule has 0 fully saturated rings. The number of aromatic nitrogens is 4. The zero-order valence-electron chi connectivity index (χ0n) is 22.3. The topological polar surface area (TPSA) is 136 Å². The quantitative estimate of drug-likeness (QED) is 0.343. The molecular weight excluding hydrogens is 486 g/mol. The molecule has 38 heavy (non-hydrogen) atoms. The van der Waals surface area contributed by atoms with Crippen LogP contribution in [0.5, 0.6) is 5.75 Å². The molecule has 0 saturated heterocycles. The van der Waals surface area contributed by atoms with Crippen LogP contribution in [0.2, 0.25) is 0 Å². The van der Waals surface area contributed by atoms with Crippen LogP contribution in [0.15, 0.2) is 41.8 Å². The highest BCUT2D eigenvalue weighted by atomic mass is 16.5. The van der Waals surface area contributed by atoms with Crippen LogP contribution in [-0.2, 0) is 17.8 Å². The van der Waals surface area contributed by atoms with Crippen molar-refractivity contribution in [3.63, 3.8) is 0 Å². The average molecular weight is 522 g/mol. The van der Waals surface area contributed by atoms with E-state index < -0.39 is 0 Å². The number of carbonyl (C=O) groups excluding carboxylic acids is 1. The number of fused-ring (bicyclic) bond motifs is 1. The van der Waals surface area contributed by atoms with E-state index in [-0.39, 0.29) is 23.1 Å². The summed E-state index contributed by atoms with van der Waals surface area (Å²) < 4.78 is 9.07. The van der Waals surface area contributed by atoms with Gasteiger partial charge in [-0.1, -0.05) is 6.58 Å². The Hall–Kier alpha value is -4.32. The van der Waals surface area contributed by atoms with Crippen LogP contribution in [0.3, 0.4) is 0 Å². The molecule has 4 N–H and O–H groups in total. The van der Waals surface area contributed by atoms with Gasteiger partial charge in [0.15, 0.2) is 5.82 Å². The molecule has 1 aliphatic rings. The monoisotopic (exact) mass is 521 g/mol. The van der Waals surface area contributed by atoms with Crippen molar-refractivity contribution in [2.45, 2.75) is 25.8 Å². The summed E-state index contributed by atoms with van der Waals surface area (Å²) in [6, 6.07) is 5.28. The van der Waals surface area contributed by atoms with Gasteiger partial charge in [-0.2, -0.15) is 9.67 Å². The second-order valence-electron chi connectivity index (χ2n) is 9.41. The summed E-state index contributed by atoms with van der Waals surface area (Å²) in [7, 11) is 7.52. The lowest BCUT2D eigenvalue weighted by Crippen LogP contribution is -2.29. The average Bonchev–Trinajstić information content (AvgIpc) is 3.17. The number of benzene rings is 1. The lowest BCUT2D eigenvalue weighted by Gasteiger charge is -2.26. The highest BCUT2D eigenvalue weighted by Gasteiger charge is 2.22. The van der Waals surface area contributed by atoms with Crippen molar-refractivity contribution in [1.29, 1.82) is 0 Å². The minimum atomic E-state index is -0.336. The molecular formula is C26H35N9O3. The third-order valence-electron chi connectivity index (χ3n) is 6.48. The van der Waals surface area contributed by atoms with Crippen LogP contribution in [0, 0.1) is 0 Å². The van der Waals surface area contributed by atoms with E-state index in [9.17, 15) is 9.59 Å². The predicted molar refractivity (Wildman–Crippen MR) is 150 cm³/mol. The fourth-order valence-electron chi connectivity index (χ4n) is 4.44. The van der Waals surface area contributed by atoms with E-state index >= 15 is 0 Å². The number of methoxy groups -OCH3 is 1. The Bertz CT molecular complexity index is 1390.